The van der Waals surface area contributed by atoms with Crippen molar-refractivity contribution in [3.63, 3.8) is 0 Å². The minimum absolute atomic E-state index is 0.0348. The number of hydrogen-bond acceptors (Lipinski definition) is 4. The molecule has 3 N–H and O–H groups in total. The third-order valence-electron chi connectivity index (χ3n) is 2.99. The Labute approximate surface area is 106 Å². The number of amides is 1. The molecule has 1 heterocycles. The monoisotopic (exact) mass is 250 g/mol. The number of nitrogens with two attached hydrogens (primary N) is 1. The highest BCUT2D eigenvalue weighted by atomic mass is 16.6. The van der Waals surface area contributed by atoms with Crippen molar-refractivity contribution in [3.8, 4) is 11.5 Å². The maximum Gasteiger partial charge on any atom is 0.224 e. The molecule has 1 amide bonds. The van der Waals surface area contributed by atoms with Crippen molar-refractivity contribution in [1.29, 1.82) is 0 Å². The Morgan fingerprint density at radius 1 is 1.39 bits per heavy atom. The molecule has 0 saturated heterocycles. The van der Waals surface area contributed by atoms with E-state index in [1.807, 2.05) is 18.2 Å². The quantitative estimate of drug-likeness (QED) is 0.807. The molecule has 0 aromatic heterocycles. The Bertz CT molecular complexity index is 434. The zero-order chi connectivity index (χ0) is 13.0. The molecule has 0 aliphatic carbocycles. The molecule has 2 rings (SSSR count). The van der Waals surface area contributed by atoms with E-state index < -0.39 is 0 Å². The summed E-state index contributed by atoms with van der Waals surface area (Å²) >= 11 is 0. The maximum atomic E-state index is 11.6. The Kier molecular flexibility index (Phi) is 4.04. The minimum Gasteiger partial charge on any atom is -0.486 e. The standard InChI is InChI=1S/C13H18N2O3/c1-15-13(16)10(8-14)6-9-2-3-11-12(7-9)18-5-4-17-11/h2-3,7,10H,4-6,8,14H2,1H3,(H,15,16). The lowest BCUT2D eigenvalue weighted by Crippen LogP contribution is -2.34. The zero-order valence-electron chi connectivity index (χ0n) is 10.4. The van der Waals surface area contributed by atoms with Crippen LogP contribution in [-0.4, -0.2) is 32.7 Å². The van der Waals surface area contributed by atoms with Crippen LogP contribution in [-0.2, 0) is 11.2 Å². The maximum absolute atomic E-state index is 11.6. The number of rotatable bonds is 4. The van der Waals surface area contributed by atoms with E-state index in [1.54, 1.807) is 7.05 Å². The average Bonchev–Trinajstić information content (AvgIpc) is 2.43. The highest BCUT2D eigenvalue weighted by molar-refractivity contribution is 5.78. The van der Waals surface area contributed by atoms with E-state index in [4.69, 9.17) is 15.2 Å². The molecule has 5 nitrogen and oxygen atoms in total. The summed E-state index contributed by atoms with van der Waals surface area (Å²) < 4.78 is 11.0. The molecule has 5 heteroatoms. The summed E-state index contributed by atoms with van der Waals surface area (Å²) in [5, 5.41) is 2.62. The van der Waals surface area contributed by atoms with Crippen LogP contribution in [0.2, 0.25) is 0 Å². The van der Waals surface area contributed by atoms with E-state index in [0.29, 0.717) is 26.2 Å². The summed E-state index contributed by atoms with van der Waals surface area (Å²) in [5.74, 6) is 1.26. The molecular weight excluding hydrogens is 232 g/mol. The van der Waals surface area contributed by atoms with Gasteiger partial charge < -0.3 is 20.5 Å². The smallest absolute Gasteiger partial charge is 0.224 e. The van der Waals surface area contributed by atoms with Crippen LogP contribution in [0.15, 0.2) is 18.2 Å². The van der Waals surface area contributed by atoms with Gasteiger partial charge in [0, 0.05) is 13.6 Å². The fraction of sp³-hybridized carbons (Fsp3) is 0.462. The number of fused-ring (bicyclic) bond motifs is 1. The molecule has 0 saturated carbocycles. The van der Waals surface area contributed by atoms with Crippen molar-refractivity contribution in [2.75, 3.05) is 26.8 Å². The molecule has 1 atom stereocenters. The highest BCUT2D eigenvalue weighted by Crippen LogP contribution is 2.31. The number of benzene rings is 1. The Hall–Kier alpha value is -1.75. The van der Waals surface area contributed by atoms with Gasteiger partial charge in [0.25, 0.3) is 0 Å². The van der Waals surface area contributed by atoms with Gasteiger partial charge in [-0.25, -0.2) is 0 Å². The third-order valence-corrected chi connectivity index (χ3v) is 2.99. The molecule has 1 aliphatic rings. The Morgan fingerprint density at radius 2 is 2.11 bits per heavy atom. The molecular formula is C13H18N2O3. The van der Waals surface area contributed by atoms with E-state index in [1.165, 1.54) is 0 Å². The number of carbonyl (C=O) groups excluding carboxylic acids is 1. The predicted octanol–water partition coefficient (Wildman–Crippen LogP) is 0.321. The summed E-state index contributed by atoms with van der Waals surface area (Å²) in [4.78, 5) is 11.6. The van der Waals surface area contributed by atoms with Crippen LogP contribution in [0.1, 0.15) is 5.56 Å². The first-order chi connectivity index (χ1) is 8.74. The van der Waals surface area contributed by atoms with E-state index in [9.17, 15) is 4.79 Å². The Morgan fingerprint density at radius 3 is 2.78 bits per heavy atom. The van der Waals surface area contributed by atoms with Gasteiger partial charge in [-0.2, -0.15) is 0 Å². The van der Waals surface area contributed by atoms with Crippen molar-refractivity contribution >= 4 is 5.91 Å². The predicted molar refractivity (Wildman–Crippen MR) is 67.7 cm³/mol. The van der Waals surface area contributed by atoms with Gasteiger partial charge in [0.15, 0.2) is 11.5 Å². The number of ether oxygens (including phenoxy) is 2. The van der Waals surface area contributed by atoms with Gasteiger partial charge in [-0.05, 0) is 24.1 Å². The first kappa shape index (κ1) is 12.7. The Balaban J connectivity index is 2.11. The molecule has 18 heavy (non-hydrogen) atoms. The van der Waals surface area contributed by atoms with Crippen molar-refractivity contribution < 1.29 is 14.3 Å². The third kappa shape index (κ3) is 2.73. The second-order valence-corrected chi connectivity index (χ2v) is 4.23. The lowest BCUT2D eigenvalue weighted by Gasteiger charge is -2.20. The minimum atomic E-state index is -0.211. The van der Waals surface area contributed by atoms with Crippen molar-refractivity contribution in [3.05, 3.63) is 23.8 Å². The molecule has 0 radical (unpaired) electrons. The lowest BCUT2D eigenvalue weighted by atomic mass is 9.98. The van der Waals surface area contributed by atoms with E-state index in [0.717, 1.165) is 17.1 Å². The second kappa shape index (κ2) is 5.73. The average molecular weight is 250 g/mol. The largest absolute Gasteiger partial charge is 0.486 e. The number of nitrogens with one attached hydrogen (secondary N) is 1. The SMILES string of the molecule is CNC(=O)C(CN)Cc1ccc2c(c1)OCCO2. The van der Waals surface area contributed by atoms with Gasteiger partial charge in [0.2, 0.25) is 5.91 Å². The van der Waals surface area contributed by atoms with Gasteiger partial charge in [-0.1, -0.05) is 6.07 Å². The van der Waals surface area contributed by atoms with Crippen LogP contribution < -0.4 is 20.5 Å². The van der Waals surface area contributed by atoms with Crippen LogP contribution >= 0.6 is 0 Å². The van der Waals surface area contributed by atoms with E-state index in [-0.39, 0.29) is 11.8 Å². The van der Waals surface area contributed by atoms with Gasteiger partial charge in [-0.3, -0.25) is 4.79 Å². The number of hydrogen-bond donors (Lipinski definition) is 2. The number of carbonyl (C=O) groups is 1. The first-order valence-corrected chi connectivity index (χ1v) is 6.04. The van der Waals surface area contributed by atoms with Crippen LogP contribution in [0.4, 0.5) is 0 Å². The fourth-order valence-corrected chi connectivity index (χ4v) is 1.99. The summed E-state index contributed by atoms with van der Waals surface area (Å²) in [6, 6.07) is 5.74. The topological polar surface area (TPSA) is 73.6 Å². The van der Waals surface area contributed by atoms with Crippen LogP contribution in [0.3, 0.4) is 0 Å². The van der Waals surface area contributed by atoms with Crippen molar-refractivity contribution in [2.45, 2.75) is 6.42 Å². The van der Waals surface area contributed by atoms with Crippen molar-refractivity contribution in [2.24, 2.45) is 11.7 Å². The van der Waals surface area contributed by atoms with E-state index >= 15 is 0 Å². The van der Waals surface area contributed by atoms with Crippen LogP contribution in [0.5, 0.6) is 11.5 Å². The van der Waals surface area contributed by atoms with Crippen molar-refractivity contribution in [1.82, 2.24) is 5.32 Å². The molecule has 1 aromatic carbocycles. The fourth-order valence-electron chi connectivity index (χ4n) is 1.99. The molecule has 0 fully saturated rings. The molecule has 1 aromatic rings. The van der Waals surface area contributed by atoms with Gasteiger partial charge in [0.1, 0.15) is 13.2 Å². The van der Waals surface area contributed by atoms with Gasteiger partial charge in [0.05, 0.1) is 5.92 Å². The first-order valence-electron chi connectivity index (χ1n) is 6.04. The molecule has 1 aliphatic heterocycles. The normalized spacial score (nSPS) is 15.0. The van der Waals surface area contributed by atoms with Crippen LogP contribution in [0.25, 0.3) is 0 Å². The summed E-state index contributed by atoms with van der Waals surface area (Å²) in [6.45, 7) is 1.47. The zero-order valence-corrected chi connectivity index (χ0v) is 10.4. The molecule has 0 bridgehead atoms. The van der Waals surface area contributed by atoms with Crippen LogP contribution in [0, 0.1) is 5.92 Å². The second-order valence-electron chi connectivity index (χ2n) is 4.23. The summed E-state index contributed by atoms with van der Waals surface area (Å²) in [5.41, 5.74) is 6.64. The van der Waals surface area contributed by atoms with Gasteiger partial charge in [-0.15, -0.1) is 0 Å². The molecule has 98 valence electrons. The highest BCUT2D eigenvalue weighted by Gasteiger charge is 2.18. The molecule has 0 spiro atoms. The molecule has 1 unspecified atom stereocenters. The summed E-state index contributed by atoms with van der Waals surface area (Å²) in [6.07, 6.45) is 0.604. The van der Waals surface area contributed by atoms with E-state index in [2.05, 4.69) is 5.32 Å². The lowest BCUT2D eigenvalue weighted by molar-refractivity contribution is -0.124. The summed E-state index contributed by atoms with van der Waals surface area (Å²) in [7, 11) is 1.62. The van der Waals surface area contributed by atoms with Gasteiger partial charge >= 0.3 is 0 Å².